The van der Waals surface area contributed by atoms with E-state index in [0.29, 0.717) is 18.3 Å². The quantitative estimate of drug-likeness (QED) is 0.179. The van der Waals surface area contributed by atoms with Crippen molar-refractivity contribution in [2.45, 2.75) is 31.4 Å². The molecule has 0 saturated carbocycles. The van der Waals surface area contributed by atoms with Crippen molar-refractivity contribution in [3.05, 3.63) is 92.5 Å². The lowest BCUT2D eigenvalue weighted by Gasteiger charge is -2.23. The van der Waals surface area contributed by atoms with Gasteiger partial charge >= 0.3 is 12.4 Å². The van der Waals surface area contributed by atoms with Gasteiger partial charge in [-0.15, -0.1) is 0 Å². The Bertz CT molecular complexity index is 1570. The second-order valence-corrected chi connectivity index (χ2v) is 9.39. The molecule has 0 bridgehead atoms. The zero-order valence-corrected chi connectivity index (χ0v) is 21.2. The molecule has 4 N–H and O–H groups in total. The number of amides is 2. The van der Waals surface area contributed by atoms with Crippen LogP contribution in [0, 0.1) is 17.0 Å². The van der Waals surface area contributed by atoms with E-state index in [1.165, 1.54) is 6.07 Å². The summed E-state index contributed by atoms with van der Waals surface area (Å²) < 4.78 is 108. The van der Waals surface area contributed by atoms with E-state index in [2.05, 4.69) is 16.0 Å². The molecule has 1 aliphatic rings. The van der Waals surface area contributed by atoms with Crippen LogP contribution in [-0.4, -0.2) is 30.2 Å². The number of fused-ring (bicyclic) bond motifs is 1. The zero-order chi connectivity index (χ0) is 30.4. The molecule has 0 saturated heterocycles. The van der Waals surface area contributed by atoms with Gasteiger partial charge in [-0.05, 0) is 49.4 Å². The molecule has 1 aliphatic heterocycles. The van der Waals surface area contributed by atoms with E-state index in [1.54, 1.807) is 0 Å². The molecule has 6 nitrogen and oxygen atoms in total. The highest BCUT2D eigenvalue weighted by Gasteiger charge is 2.40. The number of benzene rings is 3. The molecule has 41 heavy (non-hydrogen) atoms. The van der Waals surface area contributed by atoms with Gasteiger partial charge in [0.15, 0.2) is 0 Å². The highest BCUT2D eigenvalue weighted by atomic mass is 35.5. The summed E-state index contributed by atoms with van der Waals surface area (Å²) in [6, 6.07) is 1.59. The Labute approximate surface area is 231 Å². The minimum Gasteiger partial charge on any atom is -0.374 e. The van der Waals surface area contributed by atoms with Gasteiger partial charge in [-0.2, -0.15) is 26.3 Å². The third kappa shape index (κ3) is 5.97. The number of halogens is 9. The first-order valence-electron chi connectivity index (χ1n) is 11.5. The number of carbonyl (C=O) groups excluding carboxylic acids is 2. The average Bonchev–Trinajstić information content (AvgIpc) is 3.21. The highest BCUT2D eigenvalue weighted by molar-refractivity contribution is 6.31. The van der Waals surface area contributed by atoms with Gasteiger partial charge in [-0.25, -0.2) is 8.78 Å². The molecule has 15 heteroatoms. The molecule has 0 aliphatic carbocycles. The normalized spacial score (nSPS) is 15.7. The summed E-state index contributed by atoms with van der Waals surface area (Å²) >= 11 is 6.21. The Balaban J connectivity index is 1.93. The van der Waals surface area contributed by atoms with Crippen LogP contribution in [-0.2, 0) is 6.18 Å². The molecule has 216 valence electrons. The maximum Gasteiger partial charge on any atom is 0.416 e. The van der Waals surface area contributed by atoms with Crippen molar-refractivity contribution in [3.63, 3.8) is 0 Å². The van der Waals surface area contributed by atoms with Gasteiger partial charge in [0.2, 0.25) is 0 Å². The van der Waals surface area contributed by atoms with Gasteiger partial charge in [-0.1, -0.05) is 11.6 Å². The molecular formula is C26H17ClF8N4O2. The highest BCUT2D eigenvalue weighted by Crippen LogP contribution is 2.43. The van der Waals surface area contributed by atoms with E-state index in [-0.39, 0.29) is 33.3 Å². The summed E-state index contributed by atoms with van der Waals surface area (Å²) in [5, 5.41) is 14.6. The Morgan fingerprint density at radius 3 is 2.32 bits per heavy atom. The fourth-order valence-electron chi connectivity index (χ4n) is 4.27. The van der Waals surface area contributed by atoms with E-state index in [0.717, 1.165) is 25.1 Å². The molecule has 3 aromatic carbocycles. The van der Waals surface area contributed by atoms with Crippen molar-refractivity contribution >= 4 is 41.0 Å². The van der Waals surface area contributed by atoms with Crippen LogP contribution in [0.3, 0.4) is 0 Å². The number of hydrogen-bond acceptors (Lipinski definition) is 4. The second kappa shape index (κ2) is 10.7. The van der Waals surface area contributed by atoms with Crippen molar-refractivity contribution in [3.8, 4) is 0 Å². The summed E-state index contributed by atoms with van der Waals surface area (Å²) in [7, 11) is 0. The van der Waals surface area contributed by atoms with Crippen molar-refractivity contribution in [1.29, 1.82) is 5.41 Å². The Morgan fingerprint density at radius 2 is 1.71 bits per heavy atom. The Kier molecular flexibility index (Phi) is 7.74. The summed E-state index contributed by atoms with van der Waals surface area (Å²) in [6.07, 6.45) is -9.20. The topological polar surface area (TPSA) is 94.1 Å². The Hall–Kier alpha value is -4.20. The number of hydrogen-bond donors (Lipinski definition) is 4. The van der Waals surface area contributed by atoms with Crippen molar-refractivity contribution in [1.82, 2.24) is 5.32 Å². The van der Waals surface area contributed by atoms with Crippen LogP contribution in [0.25, 0.3) is 0 Å². The minimum absolute atomic E-state index is 0.0281. The van der Waals surface area contributed by atoms with Crippen LogP contribution in [0.2, 0.25) is 5.02 Å². The molecule has 0 radical (unpaired) electrons. The van der Waals surface area contributed by atoms with Crippen molar-refractivity contribution < 1.29 is 44.7 Å². The first-order chi connectivity index (χ1) is 19.0. The van der Waals surface area contributed by atoms with Crippen LogP contribution in [0.1, 0.15) is 55.9 Å². The SMILES string of the molecule is CC(Nc1cc(NC(=O)c2cc(F)cc(C(F)(F)F)c2)c2c(c1C=N)C(=O)NC2c1cc(F)ccc1Cl)C(F)(F)F. The van der Waals surface area contributed by atoms with E-state index in [9.17, 15) is 44.7 Å². The first-order valence-corrected chi connectivity index (χ1v) is 11.9. The Morgan fingerprint density at radius 1 is 1.02 bits per heavy atom. The maximum atomic E-state index is 14.1. The summed E-state index contributed by atoms with van der Waals surface area (Å²) in [5.74, 6) is -4.40. The van der Waals surface area contributed by atoms with Gasteiger partial charge < -0.3 is 21.4 Å². The fraction of sp³-hybridized carbons (Fsp3) is 0.192. The van der Waals surface area contributed by atoms with E-state index < -0.39 is 70.4 Å². The fourth-order valence-corrected chi connectivity index (χ4v) is 4.50. The number of anilines is 2. The molecule has 0 spiro atoms. The van der Waals surface area contributed by atoms with E-state index >= 15 is 0 Å². The van der Waals surface area contributed by atoms with Gasteiger partial charge in [0.05, 0.1) is 17.2 Å². The monoisotopic (exact) mass is 604 g/mol. The molecule has 2 amide bonds. The lowest BCUT2D eigenvalue weighted by atomic mass is 9.92. The van der Waals surface area contributed by atoms with Gasteiger partial charge in [0.1, 0.15) is 17.7 Å². The lowest BCUT2D eigenvalue weighted by molar-refractivity contribution is -0.139. The average molecular weight is 605 g/mol. The number of carbonyl (C=O) groups is 2. The largest absolute Gasteiger partial charge is 0.416 e. The predicted octanol–water partition coefficient (Wildman–Crippen LogP) is 7.08. The minimum atomic E-state index is -5.01. The van der Waals surface area contributed by atoms with E-state index in [1.807, 2.05) is 0 Å². The molecule has 2 atom stereocenters. The van der Waals surface area contributed by atoms with Crippen LogP contribution in [0.15, 0.2) is 42.5 Å². The van der Waals surface area contributed by atoms with Crippen molar-refractivity contribution in [2.24, 2.45) is 0 Å². The zero-order valence-electron chi connectivity index (χ0n) is 20.5. The summed E-state index contributed by atoms with van der Waals surface area (Å²) in [5.41, 5.74) is -3.99. The smallest absolute Gasteiger partial charge is 0.374 e. The second-order valence-electron chi connectivity index (χ2n) is 8.98. The van der Waals surface area contributed by atoms with Crippen LogP contribution < -0.4 is 16.0 Å². The van der Waals surface area contributed by atoms with Crippen LogP contribution >= 0.6 is 11.6 Å². The first kappa shape index (κ1) is 29.8. The third-order valence-electron chi connectivity index (χ3n) is 6.21. The maximum absolute atomic E-state index is 14.1. The molecule has 0 fully saturated rings. The predicted molar refractivity (Wildman–Crippen MR) is 134 cm³/mol. The standard InChI is InChI=1S/C26H17ClF8N4O2/c1-10(25(30,31)32)37-18-8-19(38-23(40)11-4-12(26(33,34)35)6-14(29)5-11)21-20(16(18)9-36)24(41)39-22(21)15-7-13(28)2-3-17(15)27/h2-10,22,36-37H,1H3,(H,38,40)(H,39,41). The van der Waals surface area contributed by atoms with Crippen LogP contribution in [0.4, 0.5) is 46.5 Å². The molecular weight excluding hydrogens is 588 g/mol. The third-order valence-corrected chi connectivity index (χ3v) is 6.55. The number of nitrogens with one attached hydrogen (secondary N) is 4. The summed E-state index contributed by atoms with van der Waals surface area (Å²) in [4.78, 5) is 26.1. The number of rotatable bonds is 6. The molecule has 4 rings (SSSR count). The lowest BCUT2D eigenvalue weighted by Crippen LogP contribution is -2.33. The van der Waals surface area contributed by atoms with Gasteiger partial charge in [0, 0.05) is 44.9 Å². The molecule has 0 aromatic heterocycles. The molecule has 3 aromatic rings. The van der Waals surface area contributed by atoms with Crippen LogP contribution in [0.5, 0.6) is 0 Å². The van der Waals surface area contributed by atoms with Crippen molar-refractivity contribution in [2.75, 3.05) is 10.6 Å². The van der Waals surface area contributed by atoms with E-state index in [4.69, 9.17) is 17.0 Å². The number of alkyl halides is 6. The molecule has 1 heterocycles. The molecule has 2 unspecified atom stereocenters. The summed E-state index contributed by atoms with van der Waals surface area (Å²) in [6.45, 7) is 0.750. The van der Waals surface area contributed by atoms with Gasteiger partial charge in [-0.3, -0.25) is 9.59 Å². The van der Waals surface area contributed by atoms with Gasteiger partial charge in [0.25, 0.3) is 11.8 Å².